The quantitative estimate of drug-likeness (QED) is 0.168. The molecule has 0 saturated heterocycles. The number of anilines is 3. The molecular formula is C52H47N. The van der Waals surface area contributed by atoms with Crippen LogP contribution in [0.25, 0.3) is 33.4 Å². The molecule has 1 fully saturated rings. The van der Waals surface area contributed by atoms with Crippen LogP contribution in [0, 0.1) is 11.8 Å². The molecule has 0 N–H and O–H groups in total. The summed E-state index contributed by atoms with van der Waals surface area (Å²) in [5.74, 6) is 1.44. The number of rotatable bonds is 3. The molecule has 2 bridgehead atoms. The fourth-order valence-electron chi connectivity index (χ4n) is 11.8. The highest BCUT2D eigenvalue weighted by Gasteiger charge is 2.50. The van der Waals surface area contributed by atoms with Gasteiger partial charge in [-0.15, -0.1) is 0 Å². The van der Waals surface area contributed by atoms with E-state index in [1.54, 1.807) is 5.57 Å². The van der Waals surface area contributed by atoms with Gasteiger partial charge in [0.15, 0.2) is 0 Å². The van der Waals surface area contributed by atoms with E-state index < -0.39 is 0 Å². The van der Waals surface area contributed by atoms with Crippen LogP contribution in [0.3, 0.4) is 0 Å². The van der Waals surface area contributed by atoms with Crippen molar-refractivity contribution >= 4 is 17.1 Å². The second kappa shape index (κ2) is 10.7. The lowest BCUT2D eigenvalue weighted by molar-refractivity contribution is 0.284. The summed E-state index contributed by atoms with van der Waals surface area (Å²) < 4.78 is 0. The molecule has 0 aromatic heterocycles. The molecule has 1 nitrogen and oxygen atoms in total. The minimum Gasteiger partial charge on any atom is -0.310 e. The summed E-state index contributed by atoms with van der Waals surface area (Å²) in [4.78, 5) is 2.61. The van der Waals surface area contributed by atoms with Crippen molar-refractivity contribution in [2.45, 2.75) is 76.5 Å². The van der Waals surface area contributed by atoms with Gasteiger partial charge in [-0.2, -0.15) is 0 Å². The van der Waals surface area contributed by atoms with E-state index in [-0.39, 0.29) is 16.2 Å². The van der Waals surface area contributed by atoms with Crippen LogP contribution < -0.4 is 4.90 Å². The predicted octanol–water partition coefficient (Wildman–Crippen LogP) is 13.8. The molecule has 0 radical (unpaired) electrons. The van der Waals surface area contributed by atoms with Crippen LogP contribution in [0.15, 0.2) is 139 Å². The third-order valence-electron chi connectivity index (χ3n) is 14.2. The largest absolute Gasteiger partial charge is 0.310 e. The normalized spacial score (nSPS) is 23.0. The van der Waals surface area contributed by atoms with Gasteiger partial charge >= 0.3 is 0 Å². The third kappa shape index (κ3) is 4.09. The van der Waals surface area contributed by atoms with Crippen molar-refractivity contribution in [1.82, 2.24) is 0 Å². The van der Waals surface area contributed by atoms with E-state index >= 15 is 0 Å². The van der Waals surface area contributed by atoms with Crippen molar-refractivity contribution in [3.8, 4) is 33.4 Å². The number of hydrogen-bond donors (Lipinski definition) is 0. The summed E-state index contributed by atoms with van der Waals surface area (Å²) >= 11 is 0. The third-order valence-corrected chi connectivity index (χ3v) is 14.2. The average Bonchev–Trinajstić information content (AvgIpc) is 3.68. The van der Waals surface area contributed by atoms with E-state index in [4.69, 9.17) is 0 Å². The molecule has 1 saturated carbocycles. The zero-order valence-electron chi connectivity index (χ0n) is 31.6. The minimum absolute atomic E-state index is 0.0536. The highest BCUT2D eigenvalue weighted by molar-refractivity contribution is 5.97. The van der Waals surface area contributed by atoms with Gasteiger partial charge in [0.1, 0.15) is 0 Å². The van der Waals surface area contributed by atoms with E-state index in [9.17, 15) is 0 Å². The zero-order valence-corrected chi connectivity index (χ0v) is 31.6. The highest BCUT2D eigenvalue weighted by atomic mass is 15.1. The molecule has 1 spiro atoms. The summed E-state index contributed by atoms with van der Waals surface area (Å²) in [5, 5.41) is 0. The Hall–Kier alpha value is -5.14. The zero-order chi connectivity index (χ0) is 35.9. The van der Waals surface area contributed by atoms with Crippen LogP contribution in [-0.4, -0.2) is 0 Å². The molecule has 5 aliphatic rings. The molecule has 3 atom stereocenters. The van der Waals surface area contributed by atoms with E-state index in [2.05, 4.69) is 173 Å². The van der Waals surface area contributed by atoms with Crippen LogP contribution in [0.5, 0.6) is 0 Å². The second-order valence-electron chi connectivity index (χ2n) is 17.8. The summed E-state index contributed by atoms with van der Waals surface area (Å²) in [5.41, 5.74) is 22.1. The topological polar surface area (TPSA) is 3.24 Å². The molecule has 11 rings (SSSR count). The smallest absolute Gasteiger partial charge is 0.0543 e. The van der Waals surface area contributed by atoms with Crippen LogP contribution >= 0.6 is 0 Å². The Balaban J connectivity index is 1.17. The van der Waals surface area contributed by atoms with Crippen molar-refractivity contribution in [2.75, 3.05) is 4.90 Å². The van der Waals surface area contributed by atoms with Gasteiger partial charge in [0.05, 0.1) is 5.69 Å². The molecular weight excluding hydrogens is 639 g/mol. The Morgan fingerprint density at radius 2 is 1.06 bits per heavy atom. The maximum atomic E-state index is 2.66. The molecule has 0 aliphatic heterocycles. The van der Waals surface area contributed by atoms with Crippen molar-refractivity contribution in [2.24, 2.45) is 11.8 Å². The van der Waals surface area contributed by atoms with Crippen LogP contribution in [0.1, 0.15) is 93.7 Å². The fourth-order valence-corrected chi connectivity index (χ4v) is 11.8. The molecule has 0 amide bonds. The van der Waals surface area contributed by atoms with Gasteiger partial charge in [-0.05, 0) is 129 Å². The van der Waals surface area contributed by atoms with Gasteiger partial charge in [-0.25, -0.2) is 0 Å². The lowest BCUT2D eigenvalue weighted by Gasteiger charge is -2.45. The number of fused-ring (bicyclic) bond motifs is 14. The Morgan fingerprint density at radius 1 is 0.528 bits per heavy atom. The Labute approximate surface area is 315 Å². The lowest BCUT2D eigenvalue weighted by Crippen LogP contribution is -2.36. The Kier molecular flexibility index (Phi) is 6.35. The number of nitrogens with zero attached hydrogens (tertiary/aromatic N) is 1. The molecule has 6 aromatic carbocycles. The highest BCUT2D eigenvalue weighted by Crippen LogP contribution is 2.63. The van der Waals surface area contributed by atoms with Crippen LogP contribution in [-0.2, 0) is 16.2 Å². The van der Waals surface area contributed by atoms with Crippen molar-refractivity contribution in [3.05, 3.63) is 172 Å². The molecule has 1 heteroatoms. The molecule has 6 aromatic rings. The first-order valence-electron chi connectivity index (χ1n) is 19.9. The Morgan fingerprint density at radius 3 is 1.68 bits per heavy atom. The average molecular weight is 686 g/mol. The van der Waals surface area contributed by atoms with Crippen molar-refractivity contribution in [1.29, 1.82) is 0 Å². The Bertz CT molecular complexity index is 2450. The second-order valence-corrected chi connectivity index (χ2v) is 17.8. The summed E-state index contributed by atoms with van der Waals surface area (Å²) in [6.07, 6.45) is 7.71. The van der Waals surface area contributed by atoms with Crippen molar-refractivity contribution < 1.29 is 0 Å². The monoisotopic (exact) mass is 685 g/mol. The first-order chi connectivity index (χ1) is 25.7. The van der Waals surface area contributed by atoms with E-state index in [1.165, 1.54) is 110 Å². The summed E-state index contributed by atoms with van der Waals surface area (Å²) in [7, 11) is 0. The summed E-state index contributed by atoms with van der Waals surface area (Å²) in [6, 6.07) is 49.2. The van der Waals surface area contributed by atoms with E-state index in [1.807, 2.05) is 0 Å². The maximum Gasteiger partial charge on any atom is 0.0543 e. The van der Waals surface area contributed by atoms with Gasteiger partial charge < -0.3 is 4.90 Å². The lowest BCUT2D eigenvalue weighted by atomic mass is 9.58. The molecule has 0 heterocycles. The molecule has 3 unspecified atom stereocenters. The van der Waals surface area contributed by atoms with E-state index in [0.717, 1.165) is 5.92 Å². The number of benzene rings is 6. The minimum atomic E-state index is -0.0900. The standard InChI is InChI=1S/C52H47N/c1-32-27-33-25-26-52(34(28-32)29-33)44-18-11-8-15-41(44)49-45(52)19-12-20-48(49)53(35-21-23-39-37-13-6-9-16-42(37)50(2,3)46(39)30-35)36-22-24-40-38-14-7-10-17-43(38)51(4,5)47(40)31-36/h6-24,28,30-33H,25-27,29H2,1-5H3. The van der Waals surface area contributed by atoms with Crippen LogP contribution in [0.4, 0.5) is 17.1 Å². The SMILES string of the molecule is CC1C=C2CC(CCC23c2ccccc2-c2c(N(c4ccc5c(c4)C(C)(C)c4ccccc4-5)c4ccc5c(c4)C(C)(C)c4ccccc4-5)cccc23)C1. The molecule has 5 aliphatic carbocycles. The van der Waals surface area contributed by atoms with Crippen LogP contribution in [0.2, 0.25) is 0 Å². The van der Waals surface area contributed by atoms with Crippen molar-refractivity contribution in [3.63, 3.8) is 0 Å². The maximum absolute atomic E-state index is 2.66. The van der Waals surface area contributed by atoms with Gasteiger partial charge in [0.2, 0.25) is 0 Å². The molecule has 260 valence electrons. The number of allylic oxidation sites excluding steroid dienone is 2. The van der Waals surface area contributed by atoms with Gasteiger partial charge in [0, 0.05) is 33.2 Å². The summed E-state index contributed by atoms with van der Waals surface area (Å²) in [6.45, 7) is 12.0. The predicted molar refractivity (Wildman–Crippen MR) is 222 cm³/mol. The van der Waals surface area contributed by atoms with E-state index in [0.29, 0.717) is 5.92 Å². The fraction of sp³-hybridized carbons (Fsp3) is 0.269. The van der Waals surface area contributed by atoms with Gasteiger partial charge in [0.25, 0.3) is 0 Å². The molecule has 53 heavy (non-hydrogen) atoms. The number of hydrogen-bond acceptors (Lipinski definition) is 1. The first-order valence-corrected chi connectivity index (χ1v) is 19.9. The van der Waals surface area contributed by atoms with Gasteiger partial charge in [-0.3, -0.25) is 0 Å². The first kappa shape index (κ1) is 31.4. The van der Waals surface area contributed by atoms with Gasteiger partial charge in [-0.1, -0.05) is 143 Å².